The molecule has 4 rings (SSSR count). The largest absolute Gasteiger partial charge is 0.284 e. The summed E-state index contributed by atoms with van der Waals surface area (Å²) in [5.41, 5.74) is 2.71. The predicted octanol–water partition coefficient (Wildman–Crippen LogP) is 4.46. The van der Waals surface area contributed by atoms with E-state index < -0.39 is 10.0 Å². The Kier molecular flexibility index (Phi) is 6.09. The van der Waals surface area contributed by atoms with Crippen LogP contribution in [-0.2, 0) is 14.8 Å². The summed E-state index contributed by atoms with van der Waals surface area (Å²) >= 11 is 0. The van der Waals surface area contributed by atoms with Crippen LogP contribution in [-0.4, -0.2) is 31.3 Å². The molecular formula is C23H26FN3O3S. The van der Waals surface area contributed by atoms with Crippen molar-refractivity contribution < 1.29 is 17.6 Å². The molecule has 164 valence electrons. The molecule has 1 N–H and O–H groups in total. The Morgan fingerprint density at radius 1 is 1.10 bits per heavy atom. The molecular weight excluding hydrogens is 417 g/mol. The highest BCUT2D eigenvalue weighted by Crippen LogP contribution is 2.36. The highest BCUT2D eigenvalue weighted by Gasteiger charge is 2.36. The van der Waals surface area contributed by atoms with E-state index in [-0.39, 0.29) is 23.7 Å². The van der Waals surface area contributed by atoms with E-state index >= 15 is 0 Å². The molecule has 1 atom stereocenters. The summed E-state index contributed by atoms with van der Waals surface area (Å²) in [7, 11) is -3.36. The zero-order chi connectivity index (χ0) is 22.0. The molecule has 2 aliphatic rings. The first-order chi connectivity index (χ1) is 14.8. The number of amides is 1. The molecule has 0 bridgehead atoms. The standard InChI is InChI=1S/C23H26FN3O3S/c1-31(29,30)26-20-12-10-16(11-13-20)21-15-22(18-8-5-9-19(24)14-18)27(25-21)23(28)17-6-3-2-4-7-17/h5,8-14,17,22,26H,2-4,6-7,15H2,1H3/t22-/m1/s1. The topological polar surface area (TPSA) is 78.8 Å². The van der Waals surface area contributed by atoms with E-state index in [1.54, 1.807) is 35.3 Å². The van der Waals surface area contributed by atoms with Gasteiger partial charge in [-0.1, -0.05) is 43.5 Å². The SMILES string of the molecule is CS(=O)(=O)Nc1ccc(C2=NN(C(=O)C3CCCCC3)[C@@H](c3cccc(F)c3)C2)cc1. The molecule has 0 saturated heterocycles. The first-order valence-corrected chi connectivity index (χ1v) is 12.4. The smallest absolute Gasteiger partial charge is 0.246 e. The summed E-state index contributed by atoms with van der Waals surface area (Å²) in [6.45, 7) is 0. The molecule has 1 aliphatic heterocycles. The van der Waals surface area contributed by atoms with Gasteiger partial charge in [-0.05, 0) is 48.2 Å². The molecule has 31 heavy (non-hydrogen) atoms. The second kappa shape index (κ2) is 8.78. The van der Waals surface area contributed by atoms with Crippen molar-refractivity contribution in [2.75, 3.05) is 11.0 Å². The summed E-state index contributed by atoms with van der Waals surface area (Å²) in [5.74, 6) is -0.388. The van der Waals surface area contributed by atoms with Crippen LogP contribution in [0.25, 0.3) is 0 Å². The Hall–Kier alpha value is -2.74. The van der Waals surface area contributed by atoms with Crippen LogP contribution in [0.2, 0.25) is 0 Å². The molecule has 2 aromatic rings. The number of hydrazone groups is 1. The van der Waals surface area contributed by atoms with Gasteiger partial charge in [-0.15, -0.1) is 0 Å². The maximum absolute atomic E-state index is 13.9. The van der Waals surface area contributed by atoms with Gasteiger partial charge in [0, 0.05) is 18.0 Å². The Bertz CT molecular complexity index is 1090. The van der Waals surface area contributed by atoms with Crippen molar-refractivity contribution in [3.05, 3.63) is 65.5 Å². The number of benzene rings is 2. The summed E-state index contributed by atoms with van der Waals surface area (Å²) in [4.78, 5) is 13.3. The second-order valence-corrected chi connectivity index (χ2v) is 10.0. The molecule has 0 spiro atoms. The van der Waals surface area contributed by atoms with Crippen molar-refractivity contribution in [2.45, 2.75) is 44.6 Å². The van der Waals surface area contributed by atoms with Crippen molar-refractivity contribution >= 4 is 27.3 Å². The van der Waals surface area contributed by atoms with Crippen LogP contribution in [0.15, 0.2) is 53.6 Å². The number of sulfonamides is 1. The van der Waals surface area contributed by atoms with Crippen LogP contribution >= 0.6 is 0 Å². The first-order valence-electron chi connectivity index (χ1n) is 10.5. The van der Waals surface area contributed by atoms with Gasteiger partial charge in [0.15, 0.2) is 0 Å². The average Bonchev–Trinajstić information content (AvgIpc) is 3.19. The Morgan fingerprint density at radius 3 is 2.45 bits per heavy atom. The van der Waals surface area contributed by atoms with Crippen LogP contribution in [0.4, 0.5) is 10.1 Å². The summed E-state index contributed by atoms with van der Waals surface area (Å²) in [6, 6.07) is 12.9. The molecule has 1 aliphatic carbocycles. The molecule has 8 heteroatoms. The van der Waals surface area contributed by atoms with Gasteiger partial charge < -0.3 is 0 Å². The monoisotopic (exact) mass is 443 g/mol. The van der Waals surface area contributed by atoms with Gasteiger partial charge in [0.05, 0.1) is 18.0 Å². The lowest BCUT2D eigenvalue weighted by atomic mass is 9.88. The van der Waals surface area contributed by atoms with Crippen molar-refractivity contribution in [2.24, 2.45) is 11.0 Å². The zero-order valence-electron chi connectivity index (χ0n) is 17.4. The highest BCUT2D eigenvalue weighted by atomic mass is 32.2. The van der Waals surface area contributed by atoms with Crippen molar-refractivity contribution in [1.82, 2.24) is 5.01 Å². The van der Waals surface area contributed by atoms with E-state index in [4.69, 9.17) is 0 Å². The van der Waals surface area contributed by atoms with Crippen LogP contribution in [0, 0.1) is 11.7 Å². The van der Waals surface area contributed by atoms with Gasteiger partial charge in [-0.2, -0.15) is 5.10 Å². The molecule has 0 aromatic heterocycles. The van der Waals surface area contributed by atoms with E-state index in [0.717, 1.165) is 55.2 Å². The van der Waals surface area contributed by atoms with E-state index in [9.17, 15) is 17.6 Å². The Labute approximate surface area is 182 Å². The average molecular weight is 444 g/mol. The molecule has 1 amide bonds. The molecule has 1 heterocycles. The lowest BCUT2D eigenvalue weighted by Gasteiger charge is -2.28. The maximum atomic E-state index is 13.9. The van der Waals surface area contributed by atoms with Crippen LogP contribution < -0.4 is 4.72 Å². The predicted molar refractivity (Wildman–Crippen MR) is 119 cm³/mol. The van der Waals surface area contributed by atoms with E-state index in [1.807, 2.05) is 6.07 Å². The number of nitrogens with zero attached hydrogens (tertiary/aromatic N) is 2. The number of rotatable bonds is 5. The number of halogens is 1. The molecule has 1 saturated carbocycles. The molecule has 1 fully saturated rings. The normalized spacial score (nSPS) is 19.9. The number of nitrogens with one attached hydrogen (secondary N) is 1. The second-order valence-electron chi connectivity index (χ2n) is 8.29. The quantitative estimate of drug-likeness (QED) is 0.741. The van der Waals surface area contributed by atoms with Crippen LogP contribution in [0.5, 0.6) is 0 Å². The zero-order valence-corrected chi connectivity index (χ0v) is 18.2. The number of carbonyl (C=O) groups is 1. The third-order valence-corrected chi connectivity index (χ3v) is 6.45. The van der Waals surface area contributed by atoms with Crippen molar-refractivity contribution in [1.29, 1.82) is 0 Å². The summed E-state index contributed by atoms with van der Waals surface area (Å²) in [6.07, 6.45) is 6.53. The highest BCUT2D eigenvalue weighted by molar-refractivity contribution is 7.92. The Morgan fingerprint density at radius 2 is 1.81 bits per heavy atom. The fourth-order valence-corrected chi connectivity index (χ4v) is 4.91. The van der Waals surface area contributed by atoms with Gasteiger partial charge in [0.1, 0.15) is 5.82 Å². The summed E-state index contributed by atoms with van der Waals surface area (Å²) in [5, 5.41) is 6.21. The van der Waals surface area contributed by atoms with E-state index in [2.05, 4.69) is 9.82 Å². The van der Waals surface area contributed by atoms with Crippen molar-refractivity contribution in [3.8, 4) is 0 Å². The number of hydrogen-bond donors (Lipinski definition) is 1. The minimum absolute atomic E-state index is 0.000626. The molecule has 0 unspecified atom stereocenters. The van der Waals surface area contributed by atoms with Crippen molar-refractivity contribution in [3.63, 3.8) is 0 Å². The van der Waals surface area contributed by atoms with E-state index in [1.165, 1.54) is 12.1 Å². The number of carbonyl (C=O) groups excluding carboxylic acids is 1. The minimum Gasteiger partial charge on any atom is -0.284 e. The van der Waals surface area contributed by atoms with Crippen LogP contribution in [0.3, 0.4) is 0 Å². The number of anilines is 1. The fourth-order valence-electron chi connectivity index (χ4n) is 4.34. The van der Waals surface area contributed by atoms with Gasteiger partial charge in [-0.25, -0.2) is 17.8 Å². The molecule has 2 aromatic carbocycles. The third kappa shape index (κ3) is 5.12. The third-order valence-electron chi connectivity index (χ3n) is 5.85. The molecule has 0 radical (unpaired) electrons. The minimum atomic E-state index is -3.36. The Balaban J connectivity index is 1.63. The van der Waals surface area contributed by atoms with Gasteiger partial charge in [0.2, 0.25) is 15.9 Å². The maximum Gasteiger partial charge on any atom is 0.246 e. The lowest BCUT2D eigenvalue weighted by molar-refractivity contribution is -0.138. The lowest BCUT2D eigenvalue weighted by Crippen LogP contribution is -2.34. The van der Waals surface area contributed by atoms with Gasteiger partial charge >= 0.3 is 0 Å². The fraction of sp³-hybridized carbons (Fsp3) is 0.391. The van der Waals surface area contributed by atoms with Crippen LogP contribution in [0.1, 0.15) is 55.7 Å². The molecule has 6 nitrogen and oxygen atoms in total. The van der Waals surface area contributed by atoms with Gasteiger partial charge in [-0.3, -0.25) is 9.52 Å². The summed E-state index contributed by atoms with van der Waals surface area (Å²) < 4.78 is 39.2. The number of hydrogen-bond acceptors (Lipinski definition) is 4. The van der Waals surface area contributed by atoms with Gasteiger partial charge in [0.25, 0.3) is 0 Å². The first kappa shape index (κ1) is 21.5. The van der Waals surface area contributed by atoms with E-state index in [0.29, 0.717) is 12.1 Å².